The van der Waals surface area contributed by atoms with E-state index in [1.54, 1.807) is 6.20 Å². The molecule has 0 unspecified atom stereocenters. The molecule has 6 nitrogen and oxygen atoms in total. The van der Waals surface area contributed by atoms with Gasteiger partial charge in [-0.2, -0.15) is 4.98 Å². The predicted octanol–water partition coefficient (Wildman–Crippen LogP) is 4.64. The van der Waals surface area contributed by atoms with Crippen LogP contribution < -0.4 is 4.90 Å². The molecule has 4 rings (SSSR count). The van der Waals surface area contributed by atoms with Crippen molar-refractivity contribution in [3.63, 3.8) is 0 Å². The molecule has 3 aromatic heterocycles. The monoisotopic (exact) mass is 348 g/mol. The molecule has 1 aromatic carbocycles. The average Bonchev–Trinajstić information content (AvgIpc) is 3.28. The van der Waals surface area contributed by atoms with Gasteiger partial charge >= 0.3 is 0 Å². The van der Waals surface area contributed by atoms with Crippen LogP contribution in [0.15, 0.2) is 57.6 Å². The summed E-state index contributed by atoms with van der Waals surface area (Å²) in [6, 6.07) is 13.9. The third-order valence-corrected chi connectivity index (χ3v) is 4.21. The SMILES string of the molecule is CC(C)c1noc(-c2ccnc(N(C)Cc3cc4ccccc4o3)c2)n1. The fourth-order valence-corrected chi connectivity index (χ4v) is 2.78. The molecule has 132 valence electrons. The number of hydrogen-bond acceptors (Lipinski definition) is 6. The van der Waals surface area contributed by atoms with Gasteiger partial charge < -0.3 is 13.8 Å². The molecule has 4 aromatic rings. The van der Waals surface area contributed by atoms with E-state index in [0.29, 0.717) is 18.3 Å². The van der Waals surface area contributed by atoms with Crippen molar-refractivity contribution >= 4 is 16.8 Å². The van der Waals surface area contributed by atoms with Crippen LogP contribution in [-0.4, -0.2) is 22.2 Å². The highest BCUT2D eigenvalue weighted by molar-refractivity contribution is 5.77. The molecule has 0 aliphatic rings. The summed E-state index contributed by atoms with van der Waals surface area (Å²) in [7, 11) is 1.98. The second kappa shape index (κ2) is 6.63. The molecule has 0 aliphatic heterocycles. The third-order valence-electron chi connectivity index (χ3n) is 4.21. The van der Waals surface area contributed by atoms with Crippen LogP contribution in [0.25, 0.3) is 22.4 Å². The zero-order valence-corrected chi connectivity index (χ0v) is 15.0. The summed E-state index contributed by atoms with van der Waals surface area (Å²) >= 11 is 0. The fraction of sp³-hybridized carbons (Fsp3) is 0.250. The van der Waals surface area contributed by atoms with Crippen LogP contribution in [-0.2, 0) is 6.54 Å². The first kappa shape index (κ1) is 16.3. The molecule has 0 bridgehead atoms. The van der Waals surface area contributed by atoms with Gasteiger partial charge in [0, 0.05) is 30.1 Å². The van der Waals surface area contributed by atoms with Crippen molar-refractivity contribution in [2.24, 2.45) is 0 Å². The molecule has 0 fully saturated rings. The number of anilines is 1. The first-order chi connectivity index (χ1) is 12.6. The number of benzene rings is 1. The molecule has 6 heteroatoms. The summed E-state index contributed by atoms with van der Waals surface area (Å²) in [6.45, 7) is 4.69. The Bertz CT molecular complexity index is 1000. The number of nitrogens with zero attached hydrogens (tertiary/aromatic N) is 4. The first-order valence-corrected chi connectivity index (χ1v) is 8.59. The summed E-state index contributed by atoms with van der Waals surface area (Å²) < 4.78 is 11.3. The molecule has 26 heavy (non-hydrogen) atoms. The minimum atomic E-state index is 0.226. The summed E-state index contributed by atoms with van der Waals surface area (Å²) in [5.41, 5.74) is 1.75. The number of pyridine rings is 1. The number of furan rings is 1. The lowest BCUT2D eigenvalue weighted by Gasteiger charge is -2.16. The van der Waals surface area contributed by atoms with Crippen molar-refractivity contribution in [3.05, 3.63) is 60.2 Å². The van der Waals surface area contributed by atoms with Crippen LogP contribution in [0.2, 0.25) is 0 Å². The molecule has 0 aliphatic carbocycles. The van der Waals surface area contributed by atoms with Gasteiger partial charge in [-0.3, -0.25) is 0 Å². The highest BCUT2D eigenvalue weighted by Gasteiger charge is 2.14. The Hall–Kier alpha value is -3.15. The Morgan fingerprint density at radius 1 is 1.12 bits per heavy atom. The van der Waals surface area contributed by atoms with Gasteiger partial charge in [0.25, 0.3) is 5.89 Å². The van der Waals surface area contributed by atoms with E-state index in [1.165, 1.54) is 0 Å². The normalized spacial score (nSPS) is 11.4. The number of para-hydroxylation sites is 1. The summed E-state index contributed by atoms with van der Waals surface area (Å²) in [4.78, 5) is 10.9. The van der Waals surface area contributed by atoms with Crippen LogP contribution in [0.1, 0.15) is 31.4 Å². The molecule has 0 saturated carbocycles. The second-order valence-electron chi connectivity index (χ2n) is 6.62. The van der Waals surface area contributed by atoms with Gasteiger partial charge in [-0.1, -0.05) is 37.2 Å². The van der Waals surface area contributed by atoms with Gasteiger partial charge in [0.15, 0.2) is 5.82 Å². The van der Waals surface area contributed by atoms with Crippen molar-refractivity contribution < 1.29 is 8.94 Å². The third kappa shape index (κ3) is 3.18. The lowest BCUT2D eigenvalue weighted by molar-refractivity contribution is 0.419. The van der Waals surface area contributed by atoms with Crippen LogP contribution in [0.3, 0.4) is 0 Å². The van der Waals surface area contributed by atoms with Gasteiger partial charge in [-0.15, -0.1) is 0 Å². The van der Waals surface area contributed by atoms with E-state index in [4.69, 9.17) is 8.94 Å². The van der Waals surface area contributed by atoms with E-state index in [2.05, 4.69) is 21.2 Å². The topological polar surface area (TPSA) is 68.2 Å². The Morgan fingerprint density at radius 3 is 2.73 bits per heavy atom. The van der Waals surface area contributed by atoms with Gasteiger partial charge in [-0.05, 0) is 24.3 Å². The highest BCUT2D eigenvalue weighted by atomic mass is 16.5. The lowest BCUT2D eigenvalue weighted by Crippen LogP contribution is -2.17. The number of aromatic nitrogens is 3. The zero-order valence-electron chi connectivity index (χ0n) is 15.0. The quantitative estimate of drug-likeness (QED) is 0.523. The van der Waals surface area contributed by atoms with Crippen molar-refractivity contribution in [1.29, 1.82) is 0 Å². The smallest absolute Gasteiger partial charge is 0.258 e. The molecule has 0 amide bonds. The van der Waals surface area contributed by atoms with E-state index in [0.717, 1.165) is 28.1 Å². The second-order valence-corrected chi connectivity index (χ2v) is 6.62. The Labute approximate surface area is 151 Å². The summed E-state index contributed by atoms with van der Waals surface area (Å²) in [5.74, 6) is 3.14. The first-order valence-electron chi connectivity index (χ1n) is 8.59. The van der Waals surface area contributed by atoms with Crippen LogP contribution in [0.5, 0.6) is 0 Å². The molecule has 3 heterocycles. The Balaban J connectivity index is 1.56. The maximum atomic E-state index is 5.89. The summed E-state index contributed by atoms with van der Waals surface area (Å²) in [5, 5.41) is 5.13. The summed E-state index contributed by atoms with van der Waals surface area (Å²) in [6.07, 6.45) is 1.75. The van der Waals surface area contributed by atoms with Crippen LogP contribution >= 0.6 is 0 Å². The molecular weight excluding hydrogens is 328 g/mol. The Morgan fingerprint density at radius 2 is 1.96 bits per heavy atom. The van der Waals surface area contributed by atoms with E-state index < -0.39 is 0 Å². The standard InChI is InChI=1S/C20H20N4O2/c1-13(2)19-22-20(26-23-19)15-8-9-21-18(11-15)24(3)12-16-10-14-6-4-5-7-17(14)25-16/h4-11,13H,12H2,1-3H3. The van der Waals surface area contributed by atoms with Crippen LogP contribution in [0, 0.1) is 0 Å². The van der Waals surface area contributed by atoms with Gasteiger partial charge in [0.05, 0.1) is 6.54 Å². The van der Waals surface area contributed by atoms with Crippen molar-refractivity contribution in [2.45, 2.75) is 26.3 Å². The van der Waals surface area contributed by atoms with Gasteiger partial charge in [0.2, 0.25) is 0 Å². The molecule has 0 saturated heterocycles. The minimum absolute atomic E-state index is 0.226. The minimum Gasteiger partial charge on any atom is -0.459 e. The highest BCUT2D eigenvalue weighted by Crippen LogP contribution is 2.25. The van der Waals surface area contributed by atoms with E-state index in [-0.39, 0.29) is 5.92 Å². The lowest BCUT2D eigenvalue weighted by atomic mass is 10.2. The number of rotatable bonds is 5. The average molecular weight is 348 g/mol. The van der Waals surface area contributed by atoms with Crippen molar-refractivity contribution in [2.75, 3.05) is 11.9 Å². The molecule has 0 atom stereocenters. The zero-order chi connectivity index (χ0) is 18.1. The van der Waals surface area contributed by atoms with E-state index >= 15 is 0 Å². The van der Waals surface area contributed by atoms with Crippen molar-refractivity contribution in [1.82, 2.24) is 15.1 Å². The molecule has 0 spiro atoms. The molecule has 0 radical (unpaired) electrons. The number of hydrogen-bond donors (Lipinski definition) is 0. The predicted molar refractivity (Wildman–Crippen MR) is 99.9 cm³/mol. The maximum absolute atomic E-state index is 5.89. The maximum Gasteiger partial charge on any atom is 0.258 e. The Kier molecular flexibility index (Phi) is 4.16. The van der Waals surface area contributed by atoms with E-state index in [9.17, 15) is 0 Å². The fourth-order valence-electron chi connectivity index (χ4n) is 2.78. The largest absolute Gasteiger partial charge is 0.459 e. The number of fused-ring (bicyclic) bond motifs is 1. The van der Waals surface area contributed by atoms with Gasteiger partial charge in [-0.25, -0.2) is 4.98 Å². The van der Waals surface area contributed by atoms with E-state index in [1.807, 2.05) is 62.2 Å². The van der Waals surface area contributed by atoms with Crippen LogP contribution in [0.4, 0.5) is 5.82 Å². The van der Waals surface area contributed by atoms with Crippen molar-refractivity contribution in [3.8, 4) is 11.5 Å². The molecular formula is C20H20N4O2. The van der Waals surface area contributed by atoms with Gasteiger partial charge in [0.1, 0.15) is 17.2 Å². The molecule has 0 N–H and O–H groups in total.